The highest BCUT2D eigenvalue weighted by molar-refractivity contribution is 7.10. The second-order valence-corrected chi connectivity index (χ2v) is 4.81. The Morgan fingerprint density at radius 1 is 1.21 bits per heavy atom. The lowest BCUT2D eigenvalue weighted by Crippen LogP contribution is -2.06. The molecule has 0 aromatic carbocycles. The van der Waals surface area contributed by atoms with Crippen molar-refractivity contribution in [2.75, 3.05) is 40.1 Å². The highest BCUT2D eigenvalue weighted by Crippen LogP contribution is 2.14. The first-order valence-corrected chi connectivity index (χ1v) is 7.15. The minimum absolute atomic E-state index is 0.391. The molecule has 0 amide bonds. The summed E-state index contributed by atoms with van der Waals surface area (Å²) in [6, 6.07) is 2.03. The lowest BCUT2D eigenvalue weighted by molar-refractivity contribution is 0.0344. The van der Waals surface area contributed by atoms with E-state index in [0.29, 0.717) is 26.4 Å². The molecule has 19 heavy (non-hydrogen) atoms. The maximum Gasteiger partial charge on any atom is 0.0810 e. The molecular formula is C14H21NO3S. The molecule has 1 rings (SSSR count). The molecule has 0 saturated heterocycles. The highest BCUT2D eigenvalue weighted by atomic mass is 32.1. The second kappa shape index (κ2) is 11.0. The molecule has 0 aliphatic heterocycles. The standard InChI is InChI=1S/C14H21NO3S/c1-16-6-3-7-17-8-9-18-11-14-10-13(12-19-14)4-2-5-15/h10,12H,3,5-9,11,15H2,1H3. The minimum Gasteiger partial charge on any atom is -0.385 e. The molecule has 106 valence electrons. The number of methoxy groups -OCH3 is 1. The van der Waals surface area contributed by atoms with Crippen molar-refractivity contribution >= 4 is 11.3 Å². The van der Waals surface area contributed by atoms with Crippen LogP contribution in [0.15, 0.2) is 11.4 Å². The van der Waals surface area contributed by atoms with Gasteiger partial charge in [-0.25, -0.2) is 0 Å². The van der Waals surface area contributed by atoms with E-state index in [2.05, 4.69) is 11.8 Å². The van der Waals surface area contributed by atoms with E-state index in [1.165, 1.54) is 4.88 Å². The number of rotatable bonds is 9. The van der Waals surface area contributed by atoms with E-state index < -0.39 is 0 Å². The van der Waals surface area contributed by atoms with E-state index >= 15 is 0 Å². The summed E-state index contributed by atoms with van der Waals surface area (Å²) in [6.45, 7) is 3.68. The molecule has 1 aromatic rings. The summed E-state index contributed by atoms with van der Waals surface area (Å²) in [5, 5.41) is 2.02. The van der Waals surface area contributed by atoms with E-state index in [0.717, 1.165) is 25.2 Å². The summed E-state index contributed by atoms with van der Waals surface area (Å²) in [6.07, 6.45) is 0.921. The van der Waals surface area contributed by atoms with Gasteiger partial charge in [0, 0.05) is 36.1 Å². The molecule has 2 N–H and O–H groups in total. The van der Waals surface area contributed by atoms with Crippen molar-refractivity contribution in [3.8, 4) is 11.8 Å². The molecule has 0 aliphatic rings. The molecule has 0 radical (unpaired) electrons. The molecule has 0 aliphatic carbocycles. The van der Waals surface area contributed by atoms with Gasteiger partial charge in [0.2, 0.25) is 0 Å². The third-order valence-corrected chi connectivity index (χ3v) is 3.15. The van der Waals surface area contributed by atoms with Gasteiger partial charge in [-0.15, -0.1) is 11.3 Å². The first-order valence-electron chi connectivity index (χ1n) is 6.27. The van der Waals surface area contributed by atoms with Gasteiger partial charge >= 0.3 is 0 Å². The Bertz CT molecular complexity index is 395. The largest absolute Gasteiger partial charge is 0.385 e. The lowest BCUT2D eigenvalue weighted by Gasteiger charge is -2.04. The predicted octanol–water partition coefficient (Wildman–Crippen LogP) is 1.63. The van der Waals surface area contributed by atoms with Crippen LogP contribution in [0.3, 0.4) is 0 Å². The van der Waals surface area contributed by atoms with Gasteiger partial charge in [-0.05, 0) is 12.5 Å². The Morgan fingerprint density at radius 2 is 2.05 bits per heavy atom. The number of hydrogen-bond acceptors (Lipinski definition) is 5. The fourth-order valence-corrected chi connectivity index (χ4v) is 2.12. The molecule has 5 heteroatoms. The van der Waals surface area contributed by atoms with E-state index in [1.54, 1.807) is 18.4 Å². The monoisotopic (exact) mass is 283 g/mol. The average molecular weight is 283 g/mol. The Kier molecular flexibility index (Phi) is 9.33. The highest BCUT2D eigenvalue weighted by Gasteiger charge is 1.98. The van der Waals surface area contributed by atoms with Gasteiger partial charge in [0.15, 0.2) is 0 Å². The maximum atomic E-state index is 5.53. The number of nitrogens with two attached hydrogens (primary N) is 1. The fourth-order valence-electron chi connectivity index (χ4n) is 1.37. The third-order valence-electron chi connectivity index (χ3n) is 2.24. The molecule has 0 spiro atoms. The van der Waals surface area contributed by atoms with E-state index in [1.807, 2.05) is 11.4 Å². The molecular weight excluding hydrogens is 262 g/mol. The summed E-state index contributed by atoms with van der Waals surface area (Å²) < 4.78 is 15.8. The van der Waals surface area contributed by atoms with E-state index in [-0.39, 0.29) is 0 Å². The number of thiophene rings is 1. The van der Waals surface area contributed by atoms with Crippen molar-refractivity contribution in [1.29, 1.82) is 0 Å². The molecule has 4 nitrogen and oxygen atoms in total. The summed E-state index contributed by atoms with van der Waals surface area (Å²) in [4.78, 5) is 1.17. The van der Waals surface area contributed by atoms with Crippen LogP contribution >= 0.6 is 11.3 Å². The second-order valence-electron chi connectivity index (χ2n) is 3.82. The first-order chi connectivity index (χ1) is 9.36. The quantitative estimate of drug-likeness (QED) is 0.553. The summed E-state index contributed by atoms with van der Waals surface area (Å²) in [7, 11) is 1.69. The molecule has 0 atom stereocenters. The van der Waals surface area contributed by atoms with Crippen LogP contribution in [-0.2, 0) is 20.8 Å². The van der Waals surface area contributed by atoms with Crippen molar-refractivity contribution < 1.29 is 14.2 Å². The maximum absolute atomic E-state index is 5.53. The normalized spacial score (nSPS) is 10.2. The SMILES string of the molecule is COCCCOCCOCc1cc(C#CCN)cs1. The van der Waals surface area contributed by atoms with Crippen molar-refractivity contribution in [1.82, 2.24) is 0 Å². The average Bonchev–Trinajstić information content (AvgIpc) is 2.87. The molecule has 1 heterocycles. The zero-order valence-corrected chi connectivity index (χ0v) is 12.1. The third kappa shape index (κ3) is 7.98. The van der Waals surface area contributed by atoms with Crippen LogP contribution in [0.4, 0.5) is 0 Å². The van der Waals surface area contributed by atoms with Crippen molar-refractivity contribution in [2.24, 2.45) is 5.73 Å². The zero-order chi connectivity index (χ0) is 13.8. The topological polar surface area (TPSA) is 53.7 Å². The van der Waals surface area contributed by atoms with Crippen LogP contribution in [0.25, 0.3) is 0 Å². The summed E-state index contributed by atoms with van der Waals surface area (Å²) >= 11 is 1.65. The number of ether oxygens (including phenoxy) is 3. The van der Waals surface area contributed by atoms with Gasteiger partial charge in [0.05, 0.1) is 26.4 Å². The molecule has 0 fully saturated rings. The summed E-state index contributed by atoms with van der Waals surface area (Å²) in [5.41, 5.74) is 6.33. The van der Waals surface area contributed by atoms with Gasteiger partial charge in [-0.2, -0.15) is 0 Å². The molecule has 0 bridgehead atoms. The van der Waals surface area contributed by atoms with Gasteiger partial charge in [0.1, 0.15) is 0 Å². The van der Waals surface area contributed by atoms with E-state index in [4.69, 9.17) is 19.9 Å². The zero-order valence-electron chi connectivity index (χ0n) is 11.3. The van der Waals surface area contributed by atoms with Crippen molar-refractivity contribution in [3.63, 3.8) is 0 Å². The van der Waals surface area contributed by atoms with Crippen molar-refractivity contribution in [3.05, 3.63) is 21.9 Å². The van der Waals surface area contributed by atoms with Gasteiger partial charge in [0.25, 0.3) is 0 Å². The Morgan fingerprint density at radius 3 is 2.84 bits per heavy atom. The van der Waals surface area contributed by atoms with Gasteiger partial charge in [-0.3, -0.25) is 0 Å². The molecule has 1 aromatic heterocycles. The van der Waals surface area contributed by atoms with Crippen LogP contribution < -0.4 is 5.73 Å². The smallest absolute Gasteiger partial charge is 0.0810 e. The fraction of sp³-hybridized carbons (Fsp3) is 0.571. The van der Waals surface area contributed by atoms with E-state index in [9.17, 15) is 0 Å². The Balaban J connectivity index is 2.04. The Labute approximate surface area is 118 Å². The van der Waals surface area contributed by atoms with Crippen LogP contribution in [0.1, 0.15) is 16.9 Å². The number of hydrogen-bond donors (Lipinski definition) is 1. The van der Waals surface area contributed by atoms with Crippen LogP contribution in [0.5, 0.6) is 0 Å². The lowest BCUT2D eigenvalue weighted by atomic mass is 10.3. The molecule has 0 unspecified atom stereocenters. The van der Waals surface area contributed by atoms with Crippen LogP contribution in [0, 0.1) is 11.8 Å². The molecule has 0 saturated carbocycles. The predicted molar refractivity (Wildman–Crippen MR) is 77.2 cm³/mol. The minimum atomic E-state index is 0.391. The van der Waals surface area contributed by atoms with Gasteiger partial charge < -0.3 is 19.9 Å². The Hall–Kier alpha value is -0.900. The van der Waals surface area contributed by atoms with Crippen LogP contribution in [-0.4, -0.2) is 40.1 Å². The van der Waals surface area contributed by atoms with Crippen LogP contribution in [0.2, 0.25) is 0 Å². The first kappa shape index (κ1) is 16.2. The summed E-state index contributed by atoms with van der Waals surface area (Å²) in [5.74, 6) is 5.83. The van der Waals surface area contributed by atoms with Gasteiger partial charge in [-0.1, -0.05) is 11.8 Å². The van der Waals surface area contributed by atoms with Crippen molar-refractivity contribution in [2.45, 2.75) is 13.0 Å².